The fraction of sp³-hybridized carbons (Fsp3) is 0.600. The van der Waals surface area contributed by atoms with Gasteiger partial charge in [0.15, 0.2) is 0 Å². The van der Waals surface area contributed by atoms with Crippen LogP contribution in [-0.2, 0) is 6.42 Å². The smallest absolute Gasteiger partial charge is 0.0976 e. The summed E-state index contributed by atoms with van der Waals surface area (Å²) < 4.78 is 1.63. The number of aryl methyl sites for hydroxylation is 1. The zero-order valence-electron chi connectivity index (χ0n) is 8.28. The molecule has 1 aromatic rings. The Bertz CT molecular complexity index is 273. The molecule has 4 heteroatoms. The van der Waals surface area contributed by atoms with Gasteiger partial charge < -0.3 is 5.32 Å². The van der Waals surface area contributed by atoms with Crippen molar-refractivity contribution in [1.82, 2.24) is 5.32 Å². The van der Waals surface area contributed by atoms with Gasteiger partial charge in [0.1, 0.15) is 0 Å². The molecule has 0 amide bonds. The van der Waals surface area contributed by atoms with Crippen LogP contribution in [0.25, 0.3) is 0 Å². The van der Waals surface area contributed by atoms with E-state index >= 15 is 0 Å². The van der Waals surface area contributed by atoms with E-state index in [0.29, 0.717) is 0 Å². The van der Waals surface area contributed by atoms with Crippen molar-refractivity contribution in [2.75, 3.05) is 13.1 Å². The predicted octanol–water partition coefficient (Wildman–Crippen LogP) is 3.99. The SMILES string of the molecule is CCNCCCCc1cc(Cl)sc1Cl. The van der Waals surface area contributed by atoms with E-state index in [1.165, 1.54) is 29.7 Å². The van der Waals surface area contributed by atoms with Crippen molar-refractivity contribution in [3.63, 3.8) is 0 Å². The Kier molecular flexibility index (Phi) is 5.87. The maximum atomic E-state index is 6.00. The van der Waals surface area contributed by atoms with E-state index in [1.807, 2.05) is 6.07 Å². The van der Waals surface area contributed by atoms with Gasteiger partial charge in [-0.25, -0.2) is 0 Å². The van der Waals surface area contributed by atoms with Crippen molar-refractivity contribution in [3.05, 3.63) is 20.3 Å². The Morgan fingerprint density at radius 1 is 1.36 bits per heavy atom. The van der Waals surface area contributed by atoms with Crippen molar-refractivity contribution >= 4 is 34.5 Å². The van der Waals surface area contributed by atoms with E-state index in [9.17, 15) is 0 Å². The molecule has 0 aliphatic heterocycles. The molecule has 80 valence electrons. The molecule has 0 radical (unpaired) electrons. The second-order valence-electron chi connectivity index (χ2n) is 3.16. The summed E-state index contributed by atoms with van der Waals surface area (Å²) in [6.07, 6.45) is 3.39. The highest BCUT2D eigenvalue weighted by Crippen LogP contribution is 2.31. The van der Waals surface area contributed by atoms with E-state index in [4.69, 9.17) is 23.2 Å². The first kappa shape index (κ1) is 12.3. The van der Waals surface area contributed by atoms with Crippen LogP contribution in [0.5, 0.6) is 0 Å². The minimum absolute atomic E-state index is 0.789. The number of unbranched alkanes of at least 4 members (excludes halogenated alkanes) is 1. The molecule has 1 nitrogen and oxygen atoms in total. The molecular formula is C10H15Cl2NS. The van der Waals surface area contributed by atoms with E-state index in [2.05, 4.69) is 12.2 Å². The number of rotatable bonds is 6. The van der Waals surface area contributed by atoms with Gasteiger partial charge in [-0.2, -0.15) is 0 Å². The fourth-order valence-corrected chi connectivity index (χ4v) is 2.83. The summed E-state index contributed by atoms with van der Waals surface area (Å²) in [5.74, 6) is 0. The van der Waals surface area contributed by atoms with Crippen LogP contribution >= 0.6 is 34.5 Å². The molecule has 0 spiro atoms. The lowest BCUT2D eigenvalue weighted by molar-refractivity contribution is 0.641. The normalized spacial score (nSPS) is 10.8. The van der Waals surface area contributed by atoms with E-state index in [-0.39, 0.29) is 0 Å². The molecule has 0 saturated carbocycles. The lowest BCUT2D eigenvalue weighted by atomic mass is 10.1. The minimum atomic E-state index is 0.789. The average molecular weight is 252 g/mol. The van der Waals surface area contributed by atoms with Gasteiger partial charge in [-0.3, -0.25) is 0 Å². The first-order valence-corrected chi connectivity index (χ1v) is 6.45. The van der Waals surface area contributed by atoms with Crippen LogP contribution < -0.4 is 5.32 Å². The number of nitrogens with one attached hydrogen (secondary N) is 1. The largest absolute Gasteiger partial charge is 0.317 e. The molecule has 0 atom stereocenters. The van der Waals surface area contributed by atoms with Gasteiger partial charge in [-0.1, -0.05) is 30.1 Å². The third-order valence-corrected chi connectivity index (χ3v) is 3.60. The minimum Gasteiger partial charge on any atom is -0.317 e. The highest BCUT2D eigenvalue weighted by molar-refractivity contribution is 7.20. The summed E-state index contributed by atoms with van der Waals surface area (Å²) in [4.78, 5) is 0. The highest BCUT2D eigenvalue weighted by atomic mass is 35.5. The molecule has 0 fully saturated rings. The van der Waals surface area contributed by atoms with Crippen molar-refractivity contribution in [2.24, 2.45) is 0 Å². The number of thiophene rings is 1. The molecule has 0 bridgehead atoms. The van der Waals surface area contributed by atoms with Gasteiger partial charge >= 0.3 is 0 Å². The predicted molar refractivity (Wildman–Crippen MR) is 65.8 cm³/mol. The molecule has 0 aromatic carbocycles. The first-order valence-electron chi connectivity index (χ1n) is 4.88. The number of halogens is 2. The molecule has 0 aliphatic carbocycles. The summed E-state index contributed by atoms with van der Waals surface area (Å²) in [6.45, 7) is 4.26. The Morgan fingerprint density at radius 2 is 2.14 bits per heavy atom. The van der Waals surface area contributed by atoms with Crippen molar-refractivity contribution in [1.29, 1.82) is 0 Å². The molecule has 0 unspecified atom stereocenters. The van der Waals surface area contributed by atoms with Crippen molar-refractivity contribution < 1.29 is 0 Å². The maximum absolute atomic E-state index is 6.00. The summed E-state index contributed by atoms with van der Waals surface area (Å²) >= 11 is 13.3. The zero-order chi connectivity index (χ0) is 10.4. The van der Waals surface area contributed by atoms with Gasteiger partial charge in [0.05, 0.1) is 8.67 Å². The summed E-state index contributed by atoms with van der Waals surface area (Å²) in [5, 5.41) is 3.30. The first-order chi connectivity index (χ1) is 6.74. The van der Waals surface area contributed by atoms with Gasteiger partial charge in [0, 0.05) is 0 Å². The van der Waals surface area contributed by atoms with Crippen LogP contribution in [-0.4, -0.2) is 13.1 Å². The van der Waals surface area contributed by atoms with E-state index in [1.54, 1.807) is 0 Å². The molecular weight excluding hydrogens is 237 g/mol. The fourth-order valence-electron chi connectivity index (χ4n) is 1.29. The third-order valence-electron chi connectivity index (χ3n) is 2.03. The summed E-state index contributed by atoms with van der Waals surface area (Å²) in [5.41, 5.74) is 1.19. The molecule has 1 aromatic heterocycles. The summed E-state index contributed by atoms with van der Waals surface area (Å²) in [7, 11) is 0. The zero-order valence-corrected chi connectivity index (χ0v) is 10.6. The van der Waals surface area contributed by atoms with Crippen LogP contribution in [0.4, 0.5) is 0 Å². The standard InChI is InChI=1S/C10H15Cl2NS/c1-2-13-6-4-3-5-8-7-9(11)14-10(8)12/h7,13H,2-6H2,1H3. The van der Waals surface area contributed by atoms with Crippen LogP contribution in [0.15, 0.2) is 6.07 Å². The Labute approximate surface area is 99.4 Å². The van der Waals surface area contributed by atoms with Crippen molar-refractivity contribution in [2.45, 2.75) is 26.2 Å². The van der Waals surface area contributed by atoms with Gasteiger partial charge in [0.2, 0.25) is 0 Å². The molecule has 1 N–H and O–H groups in total. The molecule has 1 rings (SSSR count). The Morgan fingerprint density at radius 3 is 2.71 bits per heavy atom. The van der Waals surface area contributed by atoms with Crippen LogP contribution in [0, 0.1) is 0 Å². The Balaban J connectivity index is 2.21. The lowest BCUT2D eigenvalue weighted by Gasteiger charge is -2.00. The van der Waals surface area contributed by atoms with E-state index in [0.717, 1.165) is 28.2 Å². The second kappa shape index (κ2) is 6.67. The van der Waals surface area contributed by atoms with Gasteiger partial charge in [-0.05, 0) is 44.0 Å². The third kappa shape index (κ3) is 4.18. The Hall–Kier alpha value is 0.240. The maximum Gasteiger partial charge on any atom is 0.0976 e. The van der Waals surface area contributed by atoms with Crippen molar-refractivity contribution in [3.8, 4) is 0 Å². The highest BCUT2D eigenvalue weighted by Gasteiger charge is 2.04. The van der Waals surface area contributed by atoms with Crippen LogP contribution in [0.1, 0.15) is 25.3 Å². The van der Waals surface area contributed by atoms with Gasteiger partial charge in [-0.15, -0.1) is 11.3 Å². The van der Waals surface area contributed by atoms with Crippen LogP contribution in [0.3, 0.4) is 0 Å². The number of hydrogen-bond acceptors (Lipinski definition) is 2. The van der Waals surface area contributed by atoms with Gasteiger partial charge in [0.25, 0.3) is 0 Å². The van der Waals surface area contributed by atoms with E-state index < -0.39 is 0 Å². The summed E-state index contributed by atoms with van der Waals surface area (Å²) in [6, 6.07) is 1.97. The molecule has 14 heavy (non-hydrogen) atoms. The quantitative estimate of drug-likeness (QED) is 0.755. The molecule has 1 heterocycles. The second-order valence-corrected chi connectivity index (χ2v) is 5.45. The number of hydrogen-bond donors (Lipinski definition) is 1. The monoisotopic (exact) mass is 251 g/mol. The molecule has 0 saturated heterocycles. The van der Waals surface area contributed by atoms with Crippen LogP contribution in [0.2, 0.25) is 8.67 Å². The average Bonchev–Trinajstić information content (AvgIpc) is 2.45. The lowest BCUT2D eigenvalue weighted by Crippen LogP contribution is -2.13. The molecule has 0 aliphatic rings. The topological polar surface area (TPSA) is 12.0 Å².